The number of carbonyl (C=O) groups is 1. The maximum absolute atomic E-state index is 11.2. The summed E-state index contributed by atoms with van der Waals surface area (Å²) in [5.74, 6) is -0.482. The molecule has 1 aromatic heterocycles. The highest BCUT2D eigenvalue weighted by Gasteiger charge is 2.10. The van der Waals surface area contributed by atoms with E-state index >= 15 is 0 Å². The van der Waals surface area contributed by atoms with Crippen molar-refractivity contribution in [2.45, 2.75) is 19.9 Å². The predicted molar refractivity (Wildman–Crippen MR) is 64.2 cm³/mol. The first-order chi connectivity index (χ1) is 8.49. The standard InChI is InChI=1S/C10H14N4O4/c1-7(2)11-6-9(15)13-12-5-8-3-4-10(18-8)14(16)17/h3-5,7,11H,6H2,1-2H3,(H,13,15)/b12-5+. The minimum absolute atomic E-state index is 0.146. The fourth-order valence-electron chi connectivity index (χ4n) is 1.01. The largest absolute Gasteiger partial charge is 0.433 e. The lowest BCUT2D eigenvalue weighted by atomic mass is 10.4. The quantitative estimate of drug-likeness (QED) is 0.439. The summed E-state index contributed by atoms with van der Waals surface area (Å²) in [5, 5.41) is 16.9. The summed E-state index contributed by atoms with van der Waals surface area (Å²) in [7, 11) is 0. The second-order valence-electron chi connectivity index (χ2n) is 3.76. The van der Waals surface area contributed by atoms with E-state index in [1.54, 1.807) is 0 Å². The summed E-state index contributed by atoms with van der Waals surface area (Å²) in [5.41, 5.74) is 2.26. The van der Waals surface area contributed by atoms with Crippen molar-refractivity contribution in [2.75, 3.05) is 6.54 Å². The maximum Gasteiger partial charge on any atom is 0.433 e. The van der Waals surface area contributed by atoms with Gasteiger partial charge in [-0.05, 0) is 6.07 Å². The SMILES string of the molecule is CC(C)NCC(=O)N/N=C/c1ccc([N+](=O)[O-])o1. The Morgan fingerprint density at radius 1 is 1.61 bits per heavy atom. The van der Waals surface area contributed by atoms with Gasteiger partial charge in [0.1, 0.15) is 4.92 Å². The third-order valence-corrected chi connectivity index (χ3v) is 1.84. The Bertz CT molecular complexity index is 452. The van der Waals surface area contributed by atoms with E-state index in [0.717, 1.165) is 0 Å². The van der Waals surface area contributed by atoms with Crippen molar-refractivity contribution in [1.29, 1.82) is 0 Å². The number of carbonyl (C=O) groups excluding carboxylic acids is 1. The lowest BCUT2D eigenvalue weighted by molar-refractivity contribution is -0.402. The molecule has 0 spiro atoms. The van der Waals surface area contributed by atoms with Crippen LogP contribution in [0.1, 0.15) is 19.6 Å². The fraction of sp³-hybridized carbons (Fsp3) is 0.400. The van der Waals surface area contributed by atoms with Crippen molar-refractivity contribution in [3.63, 3.8) is 0 Å². The van der Waals surface area contributed by atoms with Gasteiger partial charge in [-0.2, -0.15) is 5.10 Å². The van der Waals surface area contributed by atoms with Gasteiger partial charge in [-0.3, -0.25) is 14.9 Å². The van der Waals surface area contributed by atoms with Crippen LogP contribution in [0.4, 0.5) is 5.88 Å². The molecule has 0 aromatic carbocycles. The summed E-state index contributed by atoms with van der Waals surface area (Å²) < 4.78 is 4.81. The minimum Gasteiger partial charge on any atom is -0.400 e. The second-order valence-corrected chi connectivity index (χ2v) is 3.76. The van der Waals surface area contributed by atoms with Gasteiger partial charge in [0.25, 0.3) is 5.91 Å². The van der Waals surface area contributed by atoms with E-state index in [0.29, 0.717) is 0 Å². The highest BCUT2D eigenvalue weighted by atomic mass is 16.6. The van der Waals surface area contributed by atoms with Gasteiger partial charge in [-0.25, -0.2) is 5.43 Å². The topological polar surface area (TPSA) is 110 Å². The Morgan fingerprint density at radius 2 is 2.33 bits per heavy atom. The molecule has 18 heavy (non-hydrogen) atoms. The molecule has 0 atom stereocenters. The molecule has 0 saturated carbocycles. The summed E-state index contributed by atoms with van der Waals surface area (Å²) in [6.07, 6.45) is 1.19. The van der Waals surface area contributed by atoms with Crippen molar-refractivity contribution in [3.05, 3.63) is 28.0 Å². The van der Waals surface area contributed by atoms with Crippen LogP contribution >= 0.6 is 0 Å². The number of hydrogen-bond donors (Lipinski definition) is 2. The minimum atomic E-state index is -0.650. The second kappa shape index (κ2) is 6.50. The van der Waals surface area contributed by atoms with Crippen LogP contribution in [0.3, 0.4) is 0 Å². The van der Waals surface area contributed by atoms with Crippen LogP contribution in [0.2, 0.25) is 0 Å². The molecule has 0 radical (unpaired) electrons. The van der Waals surface area contributed by atoms with Crippen molar-refractivity contribution >= 4 is 18.0 Å². The number of furan rings is 1. The lowest BCUT2D eigenvalue weighted by Gasteiger charge is -2.05. The van der Waals surface area contributed by atoms with Gasteiger partial charge in [0.05, 0.1) is 18.8 Å². The number of nitrogens with zero attached hydrogens (tertiary/aromatic N) is 2. The third-order valence-electron chi connectivity index (χ3n) is 1.84. The Balaban J connectivity index is 2.39. The van der Waals surface area contributed by atoms with Gasteiger partial charge < -0.3 is 9.73 Å². The molecule has 98 valence electrons. The van der Waals surface area contributed by atoms with Crippen molar-refractivity contribution in [1.82, 2.24) is 10.7 Å². The Hall–Kier alpha value is -2.22. The van der Waals surface area contributed by atoms with Crippen LogP contribution < -0.4 is 10.7 Å². The molecule has 1 amide bonds. The number of nitrogens with one attached hydrogen (secondary N) is 2. The molecular weight excluding hydrogens is 240 g/mol. The molecule has 1 rings (SSSR count). The Kier molecular flexibility index (Phi) is 5.00. The first-order valence-electron chi connectivity index (χ1n) is 5.28. The zero-order chi connectivity index (χ0) is 13.5. The molecule has 0 fully saturated rings. The van der Waals surface area contributed by atoms with Gasteiger partial charge in [0.15, 0.2) is 5.76 Å². The first-order valence-corrected chi connectivity index (χ1v) is 5.28. The van der Waals surface area contributed by atoms with E-state index in [2.05, 4.69) is 15.8 Å². The van der Waals surface area contributed by atoms with Gasteiger partial charge in [-0.1, -0.05) is 13.8 Å². The highest BCUT2D eigenvalue weighted by Crippen LogP contribution is 2.13. The van der Waals surface area contributed by atoms with E-state index in [1.165, 1.54) is 18.3 Å². The van der Waals surface area contributed by atoms with Crippen LogP contribution in [0.5, 0.6) is 0 Å². The van der Waals surface area contributed by atoms with E-state index in [1.807, 2.05) is 13.8 Å². The maximum atomic E-state index is 11.2. The molecule has 0 bridgehead atoms. The summed E-state index contributed by atoms with van der Waals surface area (Å²) in [6, 6.07) is 2.80. The number of amides is 1. The number of hydrogen-bond acceptors (Lipinski definition) is 6. The molecule has 1 heterocycles. The average molecular weight is 254 g/mol. The first kappa shape index (κ1) is 13.8. The van der Waals surface area contributed by atoms with E-state index in [4.69, 9.17) is 4.42 Å². The zero-order valence-electron chi connectivity index (χ0n) is 10.0. The highest BCUT2D eigenvalue weighted by molar-refractivity contribution is 5.81. The molecule has 0 aliphatic carbocycles. The molecule has 0 aliphatic rings. The van der Waals surface area contributed by atoms with E-state index in [9.17, 15) is 14.9 Å². The van der Waals surface area contributed by atoms with Crippen molar-refractivity contribution < 1.29 is 14.1 Å². The average Bonchev–Trinajstić information content (AvgIpc) is 2.75. The summed E-state index contributed by atoms with van der Waals surface area (Å²) >= 11 is 0. The predicted octanol–water partition coefficient (Wildman–Crippen LogP) is 0.636. The molecule has 0 unspecified atom stereocenters. The molecule has 2 N–H and O–H groups in total. The molecule has 0 aliphatic heterocycles. The summed E-state index contributed by atoms with van der Waals surface area (Å²) in [4.78, 5) is 20.9. The lowest BCUT2D eigenvalue weighted by Crippen LogP contribution is -2.34. The summed E-state index contributed by atoms with van der Waals surface area (Å²) in [6.45, 7) is 3.98. The van der Waals surface area contributed by atoms with E-state index in [-0.39, 0.29) is 30.1 Å². The Morgan fingerprint density at radius 3 is 2.89 bits per heavy atom. The molecule has 0 saturated heterocycles. The normalized spacial score (nSPS) is 11.1. The van der Waals surface area contributed by atoms with Gasteiger partial charge in [0, 0.05) is 6.04 Å². The molecule has 8 heteroatoms. The van der Waals surface area contributed by atoms with Gasteiger partial charge in [0.2, 0.25) is 0 Å². The number of hydrazone groups is 1. The smallest absolute Gasteiger partial charge is 0.400 e. The molecule has 8 nitrogen and oxygen atoms in total. The van der Waals surface area contributed by atoms with Crippen LogP contribution in [0.25, 0.3) is 0 Å². The third kappa shape index (κ3) is 4.74. The number of rotatable bonds is 6. The van der Waals surface area contributed by atoms with Crippen LogP contribution in [0, 0.1) is 10.1 Å². The van der Waals surface area contributed by atoms with Crippen molar-refractivity contribution in [2.24, 2.45) is 5.10 Å². The van der Waals surface area contributed by atoms with Gasteiger partial charge in [-0.15, -0.1) is 0 Å². The van der Waals surface area contributed by atoms with Crippen LogP contribution in [-0.2, 0) is 4.79 Å². The van der Waals surface area contributed by atoms with Crippen molar-refractivity contribution in [3.8, 4) is 0 Å². The number of nitro groups is 1. The van der Waals surface area contributed by atoms with Crippen LogP contribution in [-0.4, -0.2) is 29.6 Å². The Labute approximate surface area is 103 Å². The molecular formula is C10H14N4O4. The zero-order valence-corrected chi connectivity index (χ0v) is 10.0. The van der Waals surface area contributed by atoms with Crippen LogP contribution in [0.15, 0.2) is 21.7 Å². The monoisotopic (exact) mass is 254 g/mol. The fourth-order valence-corrected chi connectivity index (χ4v) is 1.01. The molecule has 1 aromatic rings. The van der Waals surface area contributed by atoms with Gasteiger partial charge >= 0.3 is 5.88 Å². The van der Waals surface area contributed by atoms with E-state index < -0.39 is 4.92 Å².